The second kappa shape index (κ2) is 8.45. The summed E-state index contributed by atoms with van der Waals surface area (Å²) in [4.78, 5) is 36.0. The average molecular weight is 536 g/mol. The maximum atomic E-state index is 12.7. The predicted octanol–water partition coefficient (Wildman–Crippen LogP) is 4.65. The summed E-state index contributed by atoms with van der Waals surface area (Å²) in [6, 6.07) is 6.82. The summed E-state index contributed by atoms with van der Waals surface area (Å²) in [7, 11) is 0. The summed E-state index contributed by atoms with van der Waals surface area (Å²) in [5.41, 5.74) is -0.810. The average Bonchev–Trinajstić information content (AvgIpc) is 3.07. The summed E-state index contributed by atoms with van der Waals surface area (Å²) in [5.74, 6) is -1.48. The minimum Gasteiger partial charge on any atom is -0.456 e. The van der Waals surface area contributed by atoms with E-state index in [-0.39, 0.29) is 33.6 Å². The van der Waals surface area contributed by atoms with E-state index in [0.717, 1.165) is 29.2 Å². The van der Waals surface area contributed by atoms with E-state index in [0.29, 0.717) is 6.42 Å². The fourth-order valence-electron chi connectivity index (χ4n) is 2.81. The Bertz CT molecular complexity index is 1030. The molecule has 0 bridgehead atoms. The number of halogens is 4. The molecule has 30 heavy (non-hydrogen) atoms. The minimum absolute atomic E-state index is 0.0398. The lowest BCUT2D eigenvalue weighted by Gasteiger charge is -2.15. The Kier molecular flexibility index (Phi) is 6.14. The van der Waals surface area contributed by atoms with E-state index in [4.69, 9.17) is 4.74 Å². The second-order valence-electron chi connectivity index (χ2n) is 6.13. The summed E-state index contributed by atoms with van der Waals surface area (Å²) in [5, 5.41) is 11.3. The van der Waals surface area contributed by atoms with Gasteiger partial charge in [-0.3, -0.25) is 24.6 Å². The third kappa shape index (κ3) is 4.98. The van der Waals surface area contributed by atoms with Crippen LogP contribution in [0.25, 0.3) is 0 Å². The van der Waals surface area contributed by atoms with Gasteiger partial charge in [-0.2, -0.15) is 0 Å². The van der Waals surface area contributed by atoms with Gasteiger partial charge in [0.2, 0.25) is 5.91 Å². The molecule has 2 amide bonds. The number of alkyl halides is 3. The fourth-order valence-corrected chi connectivity index (χ4v) is 3.40. The van der Waals surface area contributed by atoms with Crippen LogP contribution in [0.5, 0.6) is 17.2 Å². The van der Waals surface area contributed by atoms with Crippen molar-refractivity contribution in [3.8, 4) is 17.2 Å². The van der Waals surface area contributed by atoms with E-state index in [2.05, 4.69) is 4.74 Å². The lowest BCUT2D eigenvalue weighted by Crippen LogP contribution is -2.32. The summed E-state index contributed by atoms with van der Waals surface area (Å²) in [6.07, 6.45) is -4.19. The van der Waals surface area contributed by atoms with Crippen molar-refractivity contribution in [3.05, 3.63) is 55.6 Å². The smallest absolute Gasteiger partial charge is 0.456 e. The van der Waals surface area contributed by atoms with Crippen molar-refractivity contribution < 1.29 is 37.2 Å². The molecule has 1 aliphatic rings. The lowest BCUT2D eigenvalue weighted by atomic mass is 10.1. The van der Waals surface area contributed by atoms with Gasteiger partial charge in [0.05, 0.1) is 8.49 Å². The zero-order chi connectivity index (χ0) is 22.1. The first kappa shape index (κ1) is 21.8. The van der Waals surface area contributed by atoms with E-state index in [1.807, 2.05) is 0 Å². The molecule has 12 heteroatoms. The van der Waals surface area contributed by atoms with Crippen LogP contribution in [-0.2, 0) is 4.79 Å². The highest BCUT2D eigenvalue weighted by atomic mass is 127. The quantitative estimate of drug-likeness (QED) is 0.239. The minimum atomic E-state index is -4.84. The van der Waals surface area contributed by atoms with Crippen molar-refractivity contribution in [2.45, 2.75) is 19.2 Å². The summed E-state index contributed by atoms with van der Waals surface area (Å²) in [6.45, 7) is 0.165. The van der Waals surface area contributed by atoms with Gasteiger partial charge in [-0.1, -0.05) is 0 Å². The van der Waals surface area contributed by atoms with Gasteiger partial charge in [0, 0.05) is 25.1 Å². The van der Waals surface area contributed by atoms with Crippen LogP contribution >= 0.6 is 22.6 Å². The number of hydrogen-bond acceptors (Lipinski definition) is 6. The van der Waals surface area contributed by atoms with Crippen molar-refractivity contribution >= 4 is 40.1 Å². The normalized spacial score (nSPS) is 14.0. The van der Waals surface area contributed by atoms with E-state index in [1.165, 1.54) is 12.1 Å². The molecule has 0 N–H and O–H groups in total. The Morgan fingerprint density at radius 3 is 2.43 bits per heavy atom. The first-order valence-electron chi connectivity index (χ1n) is 8.41. The van der Waals surface area contributed by atoms with Gasteiger partial charge in [0.1, 0.15) is 22.8 Å². The Morgan fingerprint density at radius 1 is 1.17 bits per heavy atom. The van der Waals surface area contributed by atoms with Gasteiger partial charge in [-0.05, 0) is 53.3 Å². The zero-order valence-electron chi connectivity index (χ0n) is 14.9. The van der Waals surface area contributed by atoms with E-state index >= 15 is 0 Å². The van der Waals surface area contributed by atoms with Crippen LogP contribution in [0.15, 0.2) is 36.4 Å². The van der Waals surface area contributed by atoms with Crippen molar-refractivity contribution in [1.29, 1.82) is 0 Å². The van der Waals surface area contributed by atoms with Crippen molar-refractivity contribution in [1.82, 2.24) is 4.90 Å². The molecule has 0 aromatic heterocycles. The monoisotopic (exact) mass is 536 g/mol. The molecule has 1 aliphatic heterocycles. The number of rotatable bonds is 5. The van der Waals surface area contributed by atoms with Gasteiger partial charge in [0.25, 0.3) is 11.6 Å². The molecule has 2 aromatic carbocycles. The molecular weight excluding hydrogens is 524 g/mol. The van der Waals surface area contributed by atoms with Gasteiger partial charge in [0.15, 0.2) is 0 Å². The van der Waals surface area contributed by atoms with Crippen LogP contribution < -0.4 is 9.47 Å². The number of carbonyl (C=O) groups excluding carboxylic acids is 2. The van der Waals surface area contributed by atoms with Crippen molar-refractivity contribution in [3.63, 3.8) is 0 Å². The number of imide groups is 1. The molecule has 2 aromatic rings. The Hall–Kier alpha value is -2.90. The third-order valence-corrected chi connectivity index (χ3v) is 4.92. The lowest BCUT2D eigenvalue weighted by molar-refractivity contribution is -0.385. The maximum Gasteiger partial charge on any atom is 0.573 e. The number of nitrogens with zero attached hydrogens (tertiary/aromatic N) is 2. The summed E-state index contributed by atoms with van der Waals surface area (Å²) < 4.78 is 46.7. The van der Waals surface area contributed by atoms with Crippen LogP contribution in [0.3, 0.4) is 0 Å². The molecule has 1 fully saturated rings. The molecule has 3 rings (SSSR count). The number of benzene rings is 2. The number of nitro groups is 1. The topological polar surface area (TPSA) is 99.0 Å². The summed E-state index contributed by atoms with van der Waals surface area (Å²) >= 11 is 1.74. The van der Waals surface area contributed by atoms with E-state index in [9.17, 15) is 32.9 Å². The van der Waals surface area contributed by atoms with Gasteiger partial charge in [-0.15, -0.1) is 13.2 Å². The molecule has 0 radical (unpaired) electrons. The number of amides is 2. The first-order chi connectivity index (χ1) is 14.0. The molecule has 0 spiro atoms. The van der Waals surface area contributed by atoms with Crippen LogP contribution in [0.1, 0.15) is 23.2 Å². The molecule has 158 valence electrons. The second-order valence-corrected chi connectivity index (χ2v) is 7.29. The molecule has 8 nitrogen and oxygen atoms in total. The number of hydrogen-bond donors (Lipinski definition) is 0. The largest absolute Gasteiger partial charge is 0.573 e. The van der Waals surface area contributed by atoms with Crippen LogP contribution in [-0.4, -0.2) is 34.5 Å². The first-order valence-corrected chi connectivity index (χ1v) is 9.49. The zero-order valence-corrected chi connectivity index (χ0v) is 17.1. The van der Waals surface area contributed by atoms with E-state index in [1.54, 1.807) is 22.6 Å². The Balaban J connectivity index is 1.89. The van der Waals surface area contributed by atoms with Gasteiger partial charge < -0.3 is 9.47 Å². The van der Waals surface area contributed by atoms with Crippen LogP contribution in [0, 0.1) is 13.7 Å². The SMILES string of the molecule is O=C1CCCN1C(=O)c1cc(Oc2ccc(OC(F)(F)F)cc2I)ccc1[N+](=O)[O-]. The van der Waals surface area contributed by atoms with Crippen molar-refractivity contribution in [2.75, 3.05) is 6.54 Å². The van der Waals surface area contributed by atoms with Crippen LogP contribution in [0.4, 0.5) is 18.9 Å². The molecule has 0 aliphatic carbocycles. The molecule has 0 atom stereocenters. The molecule has 0 saturated carbocycles. The Labute approximate surface area is 180 Å². The highest BCUT2D eigenvalue weighted by Gasteiger charge is 2.33. The number of ether oxygens (including phenoxy) is 2. The highest BCUT2D eigenvalue weighted by Crippen LogP contribution is 2.34. The van der Waals surface area contributed by atoms with E-state index < -0.39 is 34.5 Å². The standard InChI is InChI=1S/C18H12F3IN2O6/c19-18(20,21)30-11-4-6-15(13(22)9-11)29-10-3-5-14(24(27)28)12(8-10)17(26)23-7-1-2-16(23)25/h3-6,8-9H,1-2,7H2. The number of nitro benzene ring substituents is 1. The van der Waals surface area contributed by atoms with Crippen molar-refractivity contribution in [2.24, 2.45) is 0 Å². The Morgan fingerprint density at radius 2 is 1.87 bits per heavy atom. The number of likely N-dealkylation sites (tertiary alicyclic amines) is 1. The maximum absolute atomic E-state index is 12.7. The molecular formula is C18H12F3IN2O6. The van der Waals surface area contributed by atoms with Gasteiger partial charge >= 0.3 is 6.36 Å². The third-order valence-electron chi connectivity index (χ3n) is 4.08. The highest BCUT2D eigenvalue weighted by molar-refractivity contribution is 14.1. The predicted molar refractivity (Wildman–Crippen MR) is 104 cm³/mol. The number of carbonyl (C=O) groups is 2. The molecule has 0 unspecified atom stereocenters. The fraction of sp³-hybridized carbons (Fsp3) is 0.222. The van der Waals surface area contributed by atoms with Crippen LogP contribution in [0.2, 0.25) is 0 Å². The molecule has 1 heterocycles. The van der Waals surface area contributed by atoms with Gasteiger partial charge in [-0.25, -0.2) is 0 Å². The molecule has 1 saturated heterocycles.